The van der Waals surface area contributed by atoms with E-state index >= 15 is 0 Å². The second-order valence-electron chi connectivity index (χ2n) is 6.49. The number of hydrogen-bond acceptors (Lipinski definition) is 4. The minimum atomic E-state index is -0.932. The molecule has 1 aromatic carbocycles. The van der Waals surface area contributed by atoms with Crippen LogP contribution in [0, 0.1) is 5.92 Å². The molecule has 0 heterocycles. The fourth-order valence-corrected chi connectivity index (χ4v) is 2.83. The molecule has 1 saturated carbocycles. The largest absolute Gasteiger partial charge is 0.395 e. The average molecular weight is 352 g/mol. The predicted octanol–water partition coefficient (Wildman–Crippen LogP) is 0.494. The Balaban J connectivity index is 1.67. The van der Waals surface area contributed by atoms with Crippen molar-refractivity contribution in [2.24, 2.45) is 5.92 Å². The zero-order valence-corrected chi connectivity index (χ0v) is 14.0. The van der Waals surface area contributed by atoms with Crippen LogP contribution in [0.25, 0.3) is 0 Å². The Morgan fingerprint density at radius 3 is 2.40 bits per heavy atom. The van der Waals surface area contributed by atoms with Crippen LogP contribution in [0.15, 0.2) is 30.3 Å². The summed E-state index contributed by atoms with van der Waals surface area (Å²) in [5, 5.41) is 24.4. The summed E-state index contributed by atoms with van der Waals surface area (Å²) in [6, 6.07) is 8.88. The molecule has 0 saturated heterocycles. The second-order valence-corrected chi connectivity index (χ2v) is 6.49. The van der Waals surface area contributed by atoms with E-state index in [4.69, 9.17) is 0 Å². The Morgan fingerprint density at radius 1 is 1.16 bits per heavy atom. The highest BCUT2D eigenvalue weighted by Crippen LogP contribution is 2.32. The summed E-state index contributed by atoms with van der Waals surface area (Å²) in [6.45, 7) is -0.349. The highest BCUT2D eigenvalue weighted by molar-refractivity contribution is 5.83. The molecule has 2 amide bonds. The van der Waals surface area contributed by atoms with Crippen molar-refractivity contribution in [3.63, 3.8) is 0 Å². The van der Waals surface area contributed by atoms with Crippen LogP contribution in [-0.2, 0) is 9.59 Å². The van der Waals surface area contributed by atoms with Crippen molar-refractivity contribution in [1.82, 2.24) is 10.6 Å². The summed E-state index contributed by atoms with van der Waals surface area (Å²) in [4.78, 5) is 23.8. The van der Waals surface area contributed by atoms with E-state index in [1.165, 1.54) is 0 Å². The highest BCUT2D eigenvalue weighted by atomic mass is 19.1. The molecule has 1 aliphatic rings. The van der Waals surface area contributed by atoms with Crippen molar-refractivity contribution >= 4 is 11.8 Å². The molecule has 7 heteroatoms. The van der Waals surface area contributed by atoms with Crippen molar-refractivity contribution in [2.45, 2.75) is 37.5 Å². The minimum absolute atomic E-state index is 0.0139. The quantitative estimate of drug-likeness (QED) is 0.520. The Labute approximate surface area is 146 Å². The molecular formula is C18H25FN2O4. The van der Waals surface area contributed by atoms with Crippen LogP contribution >= 0.6 is 0 Å². The standard InChI is InChI=1S/C18H25FN2O4/c19-14-6-12(7-14)8-17(24)20-9-15(23)10-21-18(25)16(11-22)13-4-2-1-3-5-13/h1-5,12,14-16,22-23H,6-11H2,(H,20,24)(H,21,25). The van der Waals surface area contributed by atoms with E-state index in [2.05, 4.69) is 10.6 Å². The Morgan fingerprint density at radius 2 is 1.80 bits per heavy atom. The third kappa shape index (κ3) is 6.10. The van der Waals surface area contributed by atoms with Gasteiger partial charge >= 0.3 is 0 Å². The molecule has 138 valence electrons. The number of nitrogens with one attached hydrogen (secondary N) is 2. The predicted molar refractivity (Wildman–Crippen MR) is 90.5 cm³/mol. The summed E-state index contributed by atoms with van der Waals surface area (Å²) in [7, 11) is 0. The molecule has 2 unspecified atom stereocenters. The van der Waals surface area contributed by atoms with Crippen molar-refractivity contribution < 1.29 is 24.2 Å². The first-order valence-corrected chi connectivity index (χ1v) is 8.52. The number of aliphatic hydroxyl groups is 2. The molecule has 6 nitrogen and oxygen atoms in total. The van der Waals surface area contributed by atoms with Gasteiger partial charge < -0.3 is 20.8 Å². The molecule has 25 heavy (non-hydrogen) atoms. The van der Waals surface area contributed by atoms with Gasteiger partial charge in [-0.1, -0.05) is 30.3 Å². The summed E-state index contributed by atoms with van der Waals surface area (Å²) in [5.41, 5.74) is 0.692. The van der Waals surface area contributed by atoms with Gasteiger partial charge in [-0.15, -0.1) is 0 Å². The maximum absolute atomic E-state index is 12.7. The SMILES string of the molecule is O=C(CC1CC(F)C1)NCC(O)CNC(=O)C(CO)c1ccccc1. The van der Waals surface area contributed by atoms with E-state index in [0.29, 0.717) is 18.4 Å². The van der Waals surface area contributed by atoms with Crippen molar-refractivity contribution in [3.05, 3.63) is 35.9 Å². The first kappa shape index (κ1) is 19.3. The molecule has 0 spiro atoms. The van der Waals surface area contributed by atoms with Gasteiger partial charge in [-0.2, -0.15) is 0 Å². The first-order valence-electron chi connectivity index (χ1n) is 8.52. The van der Waals surface area contributed by atoms with E-state index in [1.807, 2.05) is 6.07 Å². The number of alkyl halides is 1. The number of amides is 2. The third-order valence-electron chi connectivity index (χ3n) is 4.40. The Kier molecular flexibility index (Phi) is 7.33. The maximum Gasteiger partial charge on any atom is 0.229 e. The number of carbonyl (C=O) groups is 2. The topological polar surface area (TPSA) is 98.7 Å². The zero-order chi connectivity index (χ0) is 18.2. The number of hydrogen-bond donors (Lipinski definition) is 4. The molecule has 1 fully saturated rings. The van der Waals surface area contributed by atoms with Crippen molar-refractivity contribution in [3.8, 4) is 0 Å². The summed E-state index contributed by atoms with van der Waals surface area (Å²) in [6.07, 6.45) is -0.608. The minimum Gasteiger partial charge on any atom is -0.395 e. The Bertz CT molecular complexity index is 563. The number of halogens is 1. The van der Waals surface area contributed by atoms with Gasteiger partial charge in [0.1, 0.15) is 6.17 Å². The molecule has 0 radical (unpaired) electrons. The van der Waals surface area contributed by atoms with E-state index in [9.17, 15) is 24.2 Å². The fraction of sp³-hybridized carbons (Fsp3) is 0.556. The molecule has 0 aliphatic heterocycles. The summed E-state index contributed by atoms with van der Waals surface area (Å²) < 4.78 is 12.7. The lowest BCUT2D eigenvalue weighted by atomic mass is 9.81. The molecule has 4 N–H and O–H groups in total. The van der Waals surface area contributed by atoms with Gasteiger partial charge in [0.2, 0.25) is 11.8 Å². The van der Waals surface area contributed by atoms with E-state index in [-0.39, 0.29) is 43.8 Å². The number of benzene rings is 1. The zero-order valence-electron chi connectivity index (χ0n) is 14.0. The number of rotatable bonds is 9. The normalized spacial score (nSPS) is 21.7. The molecule has 1 aliphatic carbocycles. The summed E-state index contributed by atoms with van der Waals surface area (Å²) >= 11 is 0. The van der Waals surface area contributed by atoms with E-state index in [1.54, 1.807) is 24.3 Å². The number of aliphatic hydroxyl groups excluding tert-OH is 2. The average Bonchev–Trinajstić information content (AvgIpc) is 2.58. The molecule has 2 rings (SSSR count). The van der Waals surface area contributed by atoms with E-state index in [0.717, 1.165) is 0 Å². The fourth-order valence-electron chi connectivity index (χ4n) is 2.83. The lowest BCUT2D eigenvalue weighted by Crippen LogP contribution is -2.42. The maximum atomic E-state index is 12.7. The number of carbonyl (C=O) groups excluding carboxylic acids is 2. The summed E-state index contributed by atoms with van der Waals surface area (Å²) in [5.74, 6) is -1.22. The smallest absolute Gasteiger partial charge is 0.229 e. The van der Waals surface area contributed by atoms with Gasteiger partial charge in [-0.25, -0.2) is 4.39 Å². The van der Waals surface area contributed by atoms with Crippen LogP contribution in [0.3, 0.4) is 0 Å². The Hall–Kier alpha value is -1.99. The van der Waals surface area contributed by atoms with Crippen LogP contribution in [0.1, 0.15) is 30.7 Å². The highest BCUT2D eigenvalue weighted by Gasteiger charge is 2.30. The van der Waals surface area contributed by atoms with Crippen LogP contribution in [0.2, 0.25) is 0 Å². The van der Waals surface area contributed by atoms with Crippen molar-refractivity contribution in [1.29, 1.82) is 0 Å². The first-order chi connectivity index (χ1) is 12.0. The van der Waals surface area contributed by atoms with Crippen LogP contribution in [-0.4, -0.2) is 54.0 Å². The molecule has 2 atom stereocenters. The van der Waals surface area contributed by atoms with Gasteiger partial charge in [0.15, 0.2) is 0 Å². The van der Waals surface area contributed by atoms with Crippen LogP contribution in [0.4, 0.5) is 4.39 Å². The van der Waals surface area contributed by atoms with Gasteiger partial charge in [0.05, 0.1) is 18.6 Å². The van der Waals surface area contributed by atoms with Crippen LogP contribution in [0.5, 0.6) is 0 Å². The monoisotopic (exact) mass is 352 g/mol. The lowest BCUT2D eigenvalue weighted by molar-refractivity contribution is -0.123. The van der Waals surface area contributed by atoms with Gasteiger partial charge in [0.25, 0.3) is 0 Å². The molecule has 1 aromatic rings. The lowest BCUT2D eigenvalue weighted by Gasteiger charge is -2.29. The van der Waals surface area contributed by atoms with Crippen LogP contribution < -0.4 is 10.6 Å². The molecule has 0 aromatic heterocycles. The molecular weight excluding hydrogens is 327 g/mol. The van der Waals surface area contributed by atoms with E-state index < -0.39 is 18.2 Å². The molecule has 0 bridgehead atoms. The second kappa shape index (κ2) is 9.48. The third-order valence-corrected chi connectivity index (χ3v) is 4.40. The van der Waals surface area contributed by atoms with Gasteiger partial charge in [-0.3, -0.25) is 9.59 Å². The van der Waals surface area contributed by atoms with Crippen molar-refractivity contribution in [2.75, 3.05) is 19.7 Å². The van der Waals surface area contributed by atoms with Gasteiger partial charge in [0, 0.05) is 19.5 Å². The van der Waals surface area contributed by atoms with Gasteiger partial charge in [-0.05, 0) is 24.3 Å².